The average Bonchev–Trinajstić information content (AvgIpc) is 2.85. The first kappa shape index (κ1) is 14.8. The lowest BCUT2D eigenvalue weighted by Gasteiger charge is -2.05. The SMILES string of the molecule is Cc1cccc(C(=O)Nc2c(C(N)=O)oc3ccc(F)cc23)c1. The molecule has 0 saturated heterocycles. The third kappa shape index (κ3) is 2.78. The van der Waals surface area contributed by atoms with Crippen molar-refractivity contribution in [3.63, 3.8) is 0 Å². The van der Waals surface area contributed by atoms with Crippen LogP contribution in [0.3, 0.4) is 0 Å². The Morgan fingerprint density at radius 1 is 1.17 bits per heavy atom. The number of carbonyl (C=O) groups is 2. The summed E-state index contributed by atoms with van der Waals surface area (Å²) in [5.74, 6) is -2.02. The second-order valence-electron chi connectivity index (χ2n) is 5.13. The Balaban J connectivity index is 2.07. The highest BCUT2D eigenvalue weighted by Gasteiger charge is 2.21. The van der Waals surface area contributed by atoms with Gasteiger partial charge in [0, 0.05) is 10.9 Å². The molecule has 0 saturated carbocycles. The molecule has 2 aromatic carbocycles. The first-order valence-corrected chi connectivity index (χ1v) is 6.85. The number of halogens is 1. The Hall–Kier alpha value is -3.15. The molecule has 3 N–H and O–H groups in total. The van der Waals surface area contributed by atoms with E-state index in [1.165, 1.54) is 18.2 Å². The summed E-state index contributed by atoms with van der Waals surface area (Å²) in [5.41, 5.74) is 6.93. The van der Waals surface area contributed by atoms with Crippen LogP contribution in [0.25, 0.3) is 11.0 Å². The lowest BCUT2D eigenvalue weighted by atomic mass is 10.1. The van der Waals surface area contributed by atoms with Crippen LogP contribution in [0, 0.1) is 12.7 Å². The van der Waals surface area contributed by atoms with Crippen molar-refractivity contribution in [1.82, 2.24) is 0 Å². The summed E-state index contributed by atoms with van der Waals surface area (Å²) in [6.45, 7) is 1.86. The van der Waals surface area contributed by atoms with E-state index in [0.717, 1.165) is 5.56 Å². The molecule has 2 amide bonds. The molecule has 0 aliphatic carbocycles. The third-order valence-electron chi connectivity index (χ3n) is 3.39. The number of hydrogen-bond acceptors (Lipinski definition) is 3. The Kier molecular flexibility index (Phi) is 3.57. The van der Waals surface area contributed by atoms with E-state index in [-0.39, 0.29) is 22.4 Å². The van der Waals surface area contributed by atoms with Crippen LogP contribution in [0.1, 0.15) is 26.5 Å². The fourth-order valence-corrected chi connectivity index (χ4v) is 2.34. The molecule has 0 radical (unpaired) electrons. The second kappa shape index (κ2) is 5.57. The van der Waals surface area contributed by atoms with Crippen molar-refractivity contribution in [2.75, 3.05) is 5.32 Å². The number of nitrogens with two attached hydrogens (primary N) is 1. The topological polar surface area (TPSA) is 85.3 Å². The molecule has 0 unspecified atom stereocenters. The van der Waals surface area contributed by atoms with Crippen molar-refractivity contribution in [3.05, 3.63) is 65.2 Å². The molecule has 0 spiro atoms. The third-order valence-corrected chi connectivity index (χ3v) is 3.39. The Morgan fingerprint density at radius 3 is 2.65 bits per heavy atom. The second-order valence-corrected chi connectivity index (χ2v) is 5.13. The zero-order chi connectivity index (χ0) is 16.6. The summed E-state index contributed by atoms with van der Waals surface area (Å²) in [7, 11) is 0. The first-order chi connectivity index (χ1) is 11.0. The van der Waals surface area contributed by atoms with Gasteiger partial charge in [-0.1, -0.05) is 17.7 Å². The number of primary amides is 1. The van der Waals surface area contributed by atoms with Crippen molar-refractivity contribution in [1.29, 1.82) is 0 Å². The summed E-state index contributed by atoms with van der Waals surface area (Å²) in [6, 6.07) is 10.7. The van der Waals surface area contributed by atoms with E-state index in [2.05, 4.69) is 5.32 Å². The Morgan fingerprint density at radius 2 is 1.96 bits per heavy atom. The molecule has 1 heterocycles. The van der Waals surface area contributed by atoms with E-state index in [4.69, 9.17) is 10.2 Å². The maximum atomic E-state index is 13.5. The molecule has 3 aromatic rings. The number of carbonyl (C=O) groups excluding carboxylic acids is 2. The van der Waals surface area contributed by atoms with Crippen molar-refractivity contribution in [2.24, 2.45) is 5.73 Å². The van der Waals surface area contributed by atoms with Crippen LogP contribution in [0.4, 0.5) is 10.1 Å². The van der Waals surface area contributed by atoms with Crippen LogP contribution in [0.15, 0.2) is 46.9 Å². The fourth-order valence-electron chi connectivity index (χ4n) is 2.34. The van der Waals surface area contributed by atoms with Gasteiger partial charge in [-0.3, -0.25) is 9.59 Å². The van der Waals surface area contributed by atoms with Crippen LogP contribution in [-0.2, 0) is 0 Å². The van der Waals surface area contributed by atoms with E-state index in [0.29, 0.717) is 5.56 Å². The molecule has 3 rings (SSSR count). The summed E-state index contributed by atoms with van der Waals surface area (Å²) in [5, 5.41) is 2.86. The van der Waals surface area contributed by atoms with Crippen LogP contribution in [0.5, 0.6) is 0 Å². The molecule has 5 nitrogen and oxygen atoms in total. The molecular formula is C17H13FN2O3. The van der Waals surface area contributed by atoms with Gasteiger partial charge in [-0.05, 0) is 37.3 Å². The van der Waals surface area contributed by atoms with Gasteiger partial charge in [0.05, 0.1) is 0 Å². The number of hydrogen-bond donors (Lipinski definition) is 2. The van der Waals surface area contributed by atoms with Gasteiger partial charge >= 0.3 is 0 Å². The van der Waals surface area contributed by atoms with Gasteiger partial charge in [0.1, 0.15) is 17.1 Å². The zero-order valence-electron chi connectivity index (χ0n) is 12.2. The van der Waals surface area contributed by atoms with Gasteiger partial charge in [0.15, 0.2) is 0 Å². The molecule has 0 atom stereocenters. The van der Waals surface area contributed by atoms with Gasteiger partial charge in [-0.25, -0.2) is 4.39 Å². The minimum atomic E-state index is -0.846. The average molecular weight is 312 g/mol. The number of nitrogens with one attached hydrogen (secondary N) is 1. The van der Waals surface area contributed by atoms with Gasteiger partial charge in [-0.15, -0.1) is 0 Å². The normalized spacial score (nSPS) is 10.7. The van der Waals surface area contributed by atoms with E-state index in [9.17, 15) is 14.0 Å². The van der Waals surface area contributed by atoms with Crippen LogP contribution in [-0.4, -0.2) is 11.8 Å². The minimum absolute atomic E-state index is 0.0681. The summed E-state index contributed by atoms with van der Waals surface area (Å²) >= 11 is 0. The molecule has 0 bridgehead atoms. The molecule has 1 aromatic heterocycles. The fraction of sp³-hybridized carbons (Fsp3) is 0.0588. The van der Waals surface area contributed by atoms with E-state index < -0.39 is 17.6 Å². The number of rotatable bonds is 3. The maximum absolute atomic E-state index is 13.5. The first-order valence-electron chi connectivity index (χ1n) is 6.85. The van der Waals surface area contributed by atoms with E-state index in [1.807, 2.05) is 13.0 Å². The van der Waals surface area contributed by atoms with Crippen LogP contribution >= 0.6 is 0 Å². The lowest BCUT2D eigenvalue weighted by Crippen LogP contribution is -2.17. The van der Waals surface area contributed by atoms with Gasteiger partial charge in [0.2, 0.25) is 5.76 Å². The van der Waals surface area contributed by atoms with Gasteiger partial charge < -0.3 is 15.5 Å². The lowest BCUT2D eigenvalue weighted by molar-refractivity contribution is 0.0977. The minimum Gasteiger partial charge on any atom is -0.449 e. The van der Waals surface area contributed by atoms with E-state index >= 15 is 0 Å². The quantitative estimate of drug-likeness (QED) is 0.778. The number of benzene rings is 2. The molecular weight excluding hydrogens is 299 g/mol. The van der Waals surface area contributed by atoms with Crippen molar-refractivity contribution < 1.29 is 18.4 Å². The van der Waals surface area contributed by atoms with Gasteiger partial charge in [-0.2, -0.15) is 0 Å². The van der Waals surface area contributed by atoms with Gasteiger partial charge in [0.25, 0.3) is 11.8 Å². The molecule has 0 aliphatic rings. The number of fused-ring (bicyclic) bond motifs is 1. The standard InChI is InChI=1S/C17H13FN2O3/c1-9-3-2-4-10(7-9)17(22)20-14-12-8-11(18)5-6-13(12)23-15(14)16(19)21/h2-8H,1H3,(H2,19,21)(H,20,22). The highest BCUT2D eigenvalue weighted by Crippen LogP contribution is 2.31. The summed E-state index contributed by atoms with van der Waals surface area (Å²) < 4.78 is 18.8. The van der Waals surface area contributed by atoms with Crippen LogP contribution in [0.2, 0.25) is 0 Å². The number of amides is 2. The molecule has 23 heavy (non-hydrogen) atoms. The maximum Gasteiger partial charge on any atom is 0.286 e. The molecule has 116 valence electrons. The predicted molar refractivity (Wildman–Crippen MR) is 83.8 cm³/mol. The number of anilines is 1. The monoisotopic (exact) mass is 312 g/mol. The smallest absolute Gasteiger partial charge is 0.286 e. The van der Waals surface area contributed by atoms with Crippen molar-refractivity contribution in [3.8, 4) is 0 Å². The summed E-state index contributed by atoms with van der Waals surface area (Å²) in [4.78, 5) is 23.9. The molecule has 0 fully saturated rings. The highest BCUT2D eigenvalue weighted by atomic mass is 19.1. The zero-order valence-corrected chi connectivity index (χ0v) is 12.2. The van der Waals surface area contributed by atoms with Crippen molar-refractivity contribution >= 4 is 28.5 Å². The van der Waals surface area contributed by atoms with Crippen LogP contribution < -0.4 is 11.1 Å². The predicted octanol–water partition coefficient (Wildman–Crippen LogP) is 3.23. The largest absolute Gasteiger partial charge is 0.449 e. The molecule has 6 heteroatoms. The number of aryl methyl sites for hydroxylation is 1. The van der Waals surface area contributed by atoms with Crippen molar-refractivity contribution in [2.45, 2.75) is 6.92 Å². The summed E-state index contributed by atoms with van der Waals surface area (Å²) in [6.07, 6.45) is 0. The highest BCUT2D eigenvalue weighted by molar-refractivity contribution is 6.14. The molecule has 0 aliphatic heterocycles. The Labute approximate surface area is 130 Å². The van der Waals surface area contributed by atoms with E-state index in [1.54, 1.807) is 18.2 Å². The Bertz CT molecular complexity index is 931. The number of furan rings is 1.